The first kappa shape index (κ1) is 16.4. The van der Waals surface area contributed by atoms with Crippen molar-refractivity contribution in [2.45, 2.75) is 17.2 Å². The number of hydrogen-bond donors (Lipinski definition) is 0. The zero-order chi connectivity index (χ0) is 16.1. The highest BCUT2D eigenvalue weighted by atomic mass is 79.9. The van der Waals surface area contributed by atoms with Gasteiger partial charge in [-0.2, -0.15) is 26.3 Å². The molecule has 1 aromatic carbocycles. The molecule has 0 atom stereocenters. The molecule has 1 nitrogen and oxygen atoms in total. The van der Waals surface area contributed by atoms with Crippen LogP contribution in [0.1, 0.15) is 5.69 Å². The van der Waals surface area contributed by atoms with E-state index < -0.39 is 22.9 Å². The van der Waals surface area contributed by atoms with Crippen molar-refractivity contribution in [3.05, 3.63) is 40.5 Å². The summed E-state index contributed by atoms with van der Waals surface area (Å²) in [5.74, 6) is -11.0. The molecule has 0 saturated carbocycles. The maximum atomic E-state index is 13.7. The van der Waals surface area contributed by atoms with Crippen LogP contribution < -0.4 is 0 Å². The van der Waals surface area contributed by atoms with Crippen molar-refractivity contribution in [3.8, 4) is 0 Å². The Hall–Kier alpha value is -1.02. The largest absolute Gasteiger partial charge is 0.392 e. The first-order valence-electron chi connectivity index (χ1n) is 5.36. The van der Waals surface area contributed by atoms with Gasteiger partial charge in [0.1, 0.15) is 5.69 Å². The lowest BCUT2D eigenvalue weighted by Gasteiger charge is -2.28. The Labute approximate surface area is 128 Å². The second-order valence-electron chi connectivity index (χ2n) is 4.18. The third-order valence-electron chi connectivity index (χ3n) is 2.72. The molecule has 0 radical (unpaired) electrons. The quantitative estimate of drug-likeness (QED) is 0.492. The first-order valence-corrected chi connectivity index (χ1v) is 6.53. The maximum absolute atomic E-state index is 13.7. The van der Waals surface area contributed by atoms with Gasteiger partial charge in [-0.1, -0.05) is 22.0 Å². The van der Waals surface area contributed by atoms with E-state index in [0.29, 0.717) is 15.9 Å². The fourth-order valence-corrected chi connectivity index (χ4v) is 2.11. The minimum atomic E-state index is -5.78. The predicted molar refractivity (Wildman–Crippen MR) is 69.1 cm³/mol. The van der Waals surface area contributed by atoms with Crippen LogP contribution in [0, 0.1) is 0 Å². The van der Waals surface area contributed by atoms with Gasteiger partial charge in [0.25, 0.3) is 0 Å². The molecule has 0 saturated heterocycles. The van der Waals surface area contributed by atoms with Crippen molar-refractivity contribution in [2.24, 2.45) is 0 Å². The molecule has 9 heteroatoms. The summed E-state index contributed by atoms with van der Waals surface area (Å²) in [6.45, 7) is 0. The maximum Gasteiger partial charge on any atom is 0.392 e. The lowest BCUT2D eigenvalue weighted by atomic mass is 10.1. The molecule has 0 aliphatic heterocycles. The van der Waals surface area contributed by atoms with Crippen LogP contribution in [0.25, 0.3) is 10.9 Å². The van der Waals surface area contributed by atoms with Gasteiger partial charge in [-0.3, -0.25) is 0 Å². The summed E-state index contributed by atoms with van der Waals surface area (Å²) < 4.78 is 79.4. The van der Waals surface area contributed by atoms with Crippen molar-refractivity contribution >= 4 is 38.4 Å². The number of rotatable bonds is 3. The molecule has 0 aliphatic rings. The number of halogens is 8. The Morgan fingerprint density at radius 3 is 2.14 bits per heavy atom. The summed E-state index contributed by atoms with van der Waals surface area (Å²) >= 11 is 7.24. The Kier molecular flexibility index (Phi) is 3.90. The predicted octanol–water partition coefficient (Wildman–Crippen LogP) is 5.56. The Balaban J connectivity index is 2.57. The van der Waals surface area contributed by atoms with Crippen molar-refractivity contribution in [1.29, 1.82) is 0 Å². The SMILES string of the molecule is FC(F)(Cl)C(F)(F)C(F)(F)c1ccc2cc(Br)ccc2n1. The van der Waals surface area contributed by atoms with Gasteiger partial charge in [0.2, 0.25) is 0 Å². The van der Waals surface area contributed by atoms with Crippen LogP contribution in [0.5, 0.6) is 0 Å². The number of pyridine rings is 1. The van der Waals surface area contributed by atoms with E-state index in [1.54, 1.807) is 0 Å². The van der Waals surface area contributed by atoms with Gasteiger partial charge in [-0.05, 0) is 35.9 Å². The monoisotopic (exact) mass is 391 g/mol. The molecular weight excluding hydrogens is 387 g/mol. The second-order valence-corrected chi connectivity index (χ2v) is 5.57. The molecule has 0 unspecified atom stereocenters. The van der Waals surface area contributed by atoms with Gasteiger partial charge in [0.05, 0.1) is 5.52 Å². The van der Waals surface area contributed by atoms with Crippen LogP contribution in [0.15, 0.2) is 34.8 Å². The van der Waals surface area contributed by atoms with Gasteiger partial charge < -0.3 is 0 Å². The molecule has 2 rings (SSSR count). The summed E-state index contributed by atoms with van der Waals surface area (Å²) in [6, 6.07) is 5.89. The zero-order valence-corrected chi connectivity index (χ0v) is 12.2. The van der Waals surface area contributed by atoms with Crippen molar-refractivity contribution in [1.82, 2.24) is 4.98 Å². The number of hydrogen-bond acceptors (Lipinski definition) is 1. The average molecular weight is 393 g/mol. The summed E-state index contributed by atoms with van der Waals surface area (Å²) in [5.41, 5.74) is -1.52. The first-order chi connectivity index (χ1) is 9.47. The molecule has 2 aromatic rings. The highest BCUT2D eigenvalue weighted by Crippen LogP contribution is 2.52. The molecule has 0 N–H and O–H groups in total. The van der Waals surface area contributed by atoms with E-state index in [1.165, 1.54) is 18.2 Å². The Bertz CT molecular complexity index is 685. The zero-order valence-electron chi connectivity index (χ0n) is 9.86. The highest BCUT2D eigenvalue weighted by Gasteiger charge is 2.72. The van der Waals surface area contributed by atoms with Crippen molar-refractivity contribution in [2.75, 3.05) is 0 Å². The van der Waals surface area contributed by atoms with Crippen molar-refractivity contribution < 1.29 is 26.3 Å². The van der Waals surface area contributed by atoms with E-state index in [0.717, 1.165) is 6.07 Å². The molecule has 0 bridgehead atoms. The minimum absolute atomic E-state index is 0.0379. The Morgan fingerprint density at radius 2 is 1.57 bits per heavy atom. The van der Waals surface area contributed by atoms with E-state index in [4.69, 9.17) is 0 Å². The topological polar surface area (TPSA) is 12.9 Å². The average Bonchev–Trinajstić information content (AvgIpc) is 2.36. The molecular formula is C12H5BrClF6N. The lowest BCUT2D eigenvalue weighted by Crippen LogP contribution is -2.49. The number of alkyl halides is 7. The highest BCUT2D eigenvalue weighted by molar-refractivity contribution is 9.10. The number of benzene rings is 1. The molecule has 0 fully saturated rings. The minimum Gasteiger partial charge on any atom is -0.246 e. The number of nitrogens with zero attached hydrogens (tertiary/aromatic N) is 1. The van der Waals surface area contributed by atoms with Crippen LogP contribution in [0.2, 0.25) is 0 Å². The third kappa shape index (κ3) is 2.70. The van der Waals surface area contributed by atoms with Crippen LogP contribution in [-0.4, -0.2) is 16.3 Å². The fraction of sp³-hybridized carbons (Fsp3) is 0.250. The third-order valence-corrected chi connectivity index (χ3v) is 3.45. The van der Waals surface area contributed by atoms with Crippen LogP contribution >= 0.6 is 27.5 Å². The molecule has 21 heavy (non-hydrogen) atoms. The summed E-state index contributed by atoms with van der Waals surface area (Å²) in [5, 5.41) is -5.03. The molecule has 0 amide bonds. The van der Waals surface area contributed by atoms with Crippen LogP contribution in [-0.2, 0) is 5.92 Å². The second kappa shape index (κ2) is 5.01. The van der Waals surface area contributed by atoms with Crippen LogP contribution in [0.3, 0.4) is 0 Å². The van der Waals surface area contributed by atoms with E-state index in [9.17, 15) is 26.3 Å². The van der Waals surface area contributed by atoms with Gasteiger partial charge in [0, 0.05) is 9.86 Å². The van der Waals surface area contributed by atoms with E-state index in [1.807, 2.05) is 0 Å². The molecule has 0 spiro atoms. The Morgan fingerprint density at radius 1 is 0.952 bits per heavy atom. The fourth-order valence-electron chi connectivity index (χ4n) is 1.61. The van der Waals surface area contributed by atoms with Crippen molar-refractivity contribution in [3.63, 3.8) is 0 Å². The van der Waals surface area contributed by atoms with Gasteiger partial charge in [0.15, 0.2) is 0 Å². The smallest absolute Gasteiger partial charge is 0.246 e. The van der Waals surface area contributed by atoms with Gasteiger partial charge in [-0.15, -0.1) is 0 Å². The number of fused-ring (bicyclic) bond motifs is 1. The van der Waals surface area contributed by atoms with E-state index in [-0.39, 0.29) is 5.52 Å². The molecule has 114 valence electrons. The molecule has 1 heterocycles. The summed E-state index contributed by atoms with van der Waals surface area (Å²) in [7, 11) is 0. The van der Waals surface area contributed by atoms with Crippen LogP contribution in [0.4, 0.5) is 26.3 Å². The standard InChI is InChI=1S/C12H5BrClF6N/c13-7-2-3-8-6(5-7)1-4-9(21-8)10(15,16)11(17,18)12(14,19)20/h1-5H. The van der Waals surface area contributed by atoms with Gasteiger partial charge in [-0.25, -0.2) is 4.98 Å². The van der Waals surface area contributed by atoms with E-state index in [2.05, 4.69) is 32.5 Å². The lowest BCUT2D eigenvalue weighted by molar-refractivity contribution is -0.287. The summed E-state index contributed by atoms with van der Waals surface area (Å²) in [6.07, 6.45) is 0. The van der Waals surface area contributed by atoms with Gasteiger partial charge >= 0.3 is 17.2 Å². The van der Waals surface area contributed by atoms with E-state index >= 15 is 0 Å². The normalized spacial score (nSPS) is 13.7. The molecule has 1 aromatic heterocycles. The number of aromatic nitrogens is 1. The molecule has 0 aliphatic carbocycles. The summed E-state index contributed by atoms with van der Waals surface area (Å²) in [4.78, 5) is 3.32.